The van der Waals surface area contributed by atoms with Crippen LogP contribution in [0.5, 0.6) is 0 Å². The number of halogens is 3. The average molecular weight is 295 g/mol. The molecule has 0 fully saturated rings. The zero-order valence-corrected chi connectivity index (χ0v) is 10.6. The Morgan fingerprint density at radius 2 is 2.10 bits per heavy atom. The Hall–Kier alpha value is -2.82. The van der Waals surface area contributed by atoms with Gasteiger partial charge in [-0.2, -0.15) is 23.5 Å². The number of carboxylic acid groups (broad SMARTS) is 1. The van der Waals surface area contributed by atoms with E-state index < -0.39 is 23.4 Å². The van der Waals surface area contributed by atoms with E-state index in [0.29, 0.717) is 16.4 Å². The summed E-state index contributed by atoms with van der Waals surface area (Å²) < 4.78 is 39.8. The first-order valence-corrected chi connectivity index (χ1v) is 5.65. The summed E-state index contributed by atoms with van der Waals surface area (Å²) in [4.78, 5) is 10.9. The fraction of sp³-hybridized carbons (Fsp3) is 0.154. The minimum Gasteiger partial charge on any atom is -0.478 e. The second-order valence-electron chi connectivity index (χ2n) is 4.23. The molecule has 0 aliphatic heterocycles. The van der Waals surface area contributed by atoms with Crippen LogP contribution in [0.15, 0.2) is 24.4 Å². The Balaban J connectivity index is 2.71. The van der Waals surface area contributed by atoms with Gasteiger partial charge in [-0.1, -0.05) is 0 Å². The number of alkyl halides is 3. The topological polar surface area (TPSA) is 78.9 Å². The Morgan fingerprint density at radius 3 is 2.57 bits per heavy atom. The molecule has 8 heteroatoms. The van der Waals surface area contributed by atoms with Crippen LogP contribution >= 0.6 is 0 Å². The zero-order chi connectivity index (χ0) is 15.8. The van der Waals surface area contributed by atoms with Gasteiger partial charge in [0.2, 0.25) is 0 Å². The fourth-order valence-electron chi connectivity index (χ4n) is 1.92. The van der Waals surface area contributed by atoms with Gasteiger partial charge in [0.25, 0.3) is 0 Å². The summed E-state index contributed by atoms with van der Waals surface area (Å²) in [6.45, 7) is 1.51. The van der Waals surface area contributed by atoms with E-state index in [9.17, 15) is 18.0 Å². The number of aromatic nitrogens is 2. The van der Waals surface area contributed by atoms with Crippen LogP contribution in [0.1, 0.15) is 27.2 Å². The number of hydrogen-bond donors (Lipinski definition) is 1. The smallest absolute Gasteiger partial charge is 0.434 e. The molecule has 0 bridgehead atoms. The molecule has 5 nitrogen and oxygen atoms in total. The number of nitrogens with zero attached hydrogens (tertiary/aromatic N) is 3. The summed E-state index contributed by atoms with van der Waals surface area (Å²) in [5, 5.41) is 21.1. The second-order valence-corrected chi connectivity index (χ2v) is 4.23. The molecule has 21 heavy (non-hydrogen) atoms. The van der Waals surface area contributed by atoms with Crippen LogP contribution in [-0.2, 0) is 6.18 Å². The molecule has 2 aromatic rings. The molecule has 2 rings (SSSR count). The van der Waals surface area contributed by atoms with Gasteiger partial charge in [0.05, 0.1) is 23.5 Å². The van der Waals surface area contributed by atoms with E-state index in [1.54, 1.807) is 0 Å². The van der Waals surface area contributed by atoms with Crippen molar-refractivity contribution < 1.29 is 23.1 Å². The summed E-state index contributed by atoms with van der Waals surface area (Å²) in [5.74, 6) is -1.71. The predicted octanol–water partition coefficient (Wildman–Crippen LogP) is 2.77. The van der Waals surface area contributed by atoms with Crippen LogP contribution in [0.2, 0.25) is 0 Å². The number of aryl methyl sites for hydroxylation is 1. The van der Waals surface area contributed by atoms with Crippen molar-refractivity contribution >= 4 is 5.97 Å². The lowest BCUT2D eigenvalue weighted by molar-refractivity contribution is -0.143. The highest BCUT2D eigenvalue weighted by molar-refractivity contribution is 5.89. The van der Waals surface area contributed by atoms with Gasteiger partial charge in [0.15, 0.2) is 5.69 Å². The van der Waals surface area contributed by atoms with Crippen molar-refractivity contribution in [1.82, 2.24) is 9.78 Å². The van der Waals surface area contributed by atoms with E-state index in [2.05, 4.69) is 5.10 Å². The minimum atomic E-state index is -4.87. The summed E-state index contributed by atoms with van der Waals surface area (Å²) >= 11 is 0. The lowest BCUT2D eigenvalue weighted by Gasteiger charge is -2.13. The summed E-state index contributed by atoms with van der Waals surface area (Å²) in [7, 11) is 0. The van der Waals surface area contributed by atoms with E-state index >= 15 is 0 Å². The van der Waals surface area contributed by atoms with E-state index in [4.69, 9.17) is 10.4 Å². The molecule has 0 aliphatic carbocycles. The van der Waals surface area contributed by atoms with E-state index in [0.717, 1.165) is 0 Å². The quantitative estimate of drug-likeness (QED) is 0.924. The van der Waals surface area contributed by atoms with Crippen molar-refractivity contribution in [2.24, 2.45) is 0 Å². The van der Waals surface area contributed by atoms with Crippen molar-refractivity contribution in [3.8, 4) is 11.8 Å². The Morgan fingerprint density at radius 1 is 1.43 bits per heavy atom. The zero-order valence-electron chi connectivity index (χ0n) is 10.6. The fourth-order valence-corrected chi connectivity index (χ4v) is 1.92. The largest absolute Gasteiger partial charge is 0.478 e. The molecule has 0 radical (unpaired) electrons. The number of aromatic carboxylic acids is 1. The molecule has 1 aromatic heterocycles. The van der Waals surface area contributed by atoms with Crippen LogP contribution in [0.4, 0.5) is 13.2 Å². The Kier molecular flexibility index (Phi) is 3.43. The highest BCUT2D eigenvalue weighted by Crippen LogP contribution is 2.34. The lowest BCUT2D eigenvalue weighted by Crippen LogP contribution is -2.17. The number of carboxylic acids is 1. The monoisotopic (exact) mass is 295 g/mol. The van der Waals surface area contributed by atoms with Crippen molar-refractivity contribution in [1.29, 1.82) is 5.26 Å². The molecular formula is C13H8F3N3O2. The molecule has 0 spiro atoms. The Bertz CT molecular complexity index is 757. The molecule has 0 saturated carbocycles. The maximum atomic E-state index is 13.1. The van der Waals surface area contributed by atoms with Gasteiger partial charge < -0.3 is 5.11 Å². The number of rotatable bonds is 2. The molecule has 108 valence electrons. The first-order valence-electron chi connectivity index (χ1n) is 5.65. The maximum absolute atomic E-state index is 13.1. The molecule has 1 aromatic carbocycles. The highest BCUT2D eigenvalue weighted by atomic mass is 19.4. The summed E-state index contributed by atoms with van der Waals surface area (Å²) in [5.41, 5.74) is -1.56. The number of carbonyl (C=O) groups is 1. The van der Waals surface area contributed by atoms with Crippen LogP contribution in [0.25, 0.3) is 5.69 Å². The van der Waals surface area contributed by atoms with E-state index in [1.807, 2.05) is 6.07 Å². The third-order valence-electron chi connectivity index (χ3n) is 2.82. The standard InChI is InChI=1S/C13H8F3N3O2/c1-7-4-8(5-17)2-3-10(7)19-11(13(14,15)16)9(6-18-19)12(20)21/h2-4,6H,1H3,(H,20,21). The third kappa shape index (κ3) is 2.58. The number of hydrogen-bond acceptors (Lipinski definition) is 3. The first kappa shape index (κ1) is 14.6. The van der Waals surface area contributed by atoms with Gasteiger partial charge in [-0.05, 0) is 30.7 Å². The summed E-state index contributed by atoms with van der Waals surface area (Å²) in [6.07, 6.45) is -4.21. The summed E-state index contributed by atoms with van der Waals surface area (Å²) in [6, 6.07) is 5.90. The van der Waals surface area contributed by atoms with Crippen molar-refractivity contribution in [3.63, 3.8) is 0 Å². The van der Waals surface area contributed by atoms with Gasteiger partial charge in [-0.3, -0.25) is 0 Å². The van der Waals surface area contributed by atoms with Crippen LogP contribution in [0.3, 0.4) is 0 Å². The van der Waals surface area contributed by atoms with E-state index in [1.165, 1.54) is 25.1 Å². The van der Waals surface area contributed by atoms with Crippen LogP contribution < -0.4 is 0 Å². The molecule has 0 unspecified atom stereocenters. The normalized spacial score (nSPS) is 11.2. The predicted molar refractivity (Wildman–Crippen MR) is 65.0 cm³/mol. The van der Waals surface area contributed by atoms with Crippen LogP contribution in [0, 0.1) is 18.3 Å². The molecular weight excluding hydrogens is 287 g/mol. The molecule has 0 saturated heterocycles. The Labute approximate surface area is 116 Å². The van der Waals surface area contributed by atoms with Crippen molar-refractivity contribution in [2.45, 2.75) is 13.1 Å². The third-order valence-corrected chi connectivity index (χ3v) is 2.82. The van der Waals surface area contributed by atoms with Gasteiger partial charge >= 0.3 is 12.1 Å². The van der Waals surface area contributed by atoms with E-state index in [-0.39, 0.29) is 11.3 Å². The molecule has 1 heterocycles. The van der Waals surface area contributed by atoms with Crippen LogP contribution in [-0.4, -0.2) is 20.9 Å². The SMILES string of the molecule is Cc1cc(C#N)ccc1-n1ncc(C(=O)O)c1C(F)(F)F. The maximum Gasteiger partial charge on any atom is 0.434 e. The number of benzene rings is 1. The van der Waals surface area contributed by atoms with Gasteiger partial charge in [-0.15, -0.1) is 0 Å². The lowest BCUT2D eigenvalue weighted by atomic mass is 10.1. The molecule has 1 N–H and O–H groups in total. The average Bonchev–Trinajstić information content (AvgIpc) is 2.83. The highest BCUT2D eigenvalue weighted by Gasteiger charge is 2.40. The van der Waals surface area contributed by atoms with Crippen molar-refractivity contribution in [2.75, 3.05) is 0 Å². The molecule has 0 amide bonds. The van der Waals surface area contributed by atoms with Crippen molar-refractivity contribution in [3.05, 3.63) is 46.8 Å². The molecule has 0 aliphatic rings. The number of nitriles is 1. The minimum absolute atomic E-state index is 0.0637. The van der Waals surface area contributed by atoms with Gasteiger partial charge in [0, 0.05) is 0 Å². The van der Waals surface area contributed by atoms with Gasteiger partial charge in [0.1, 0.15) is 5.56 Å². The van der Waals surface area contributed by atoms with Gasteiger partial charge in [-0.25, -0.2) is 9.48 Å². The first-order chi connectivity index (χ1) is 9.75. The second kappa shape index (κ2) is 4.94. The molecule has 0 atom stereocenters.